The number of nitrogen functional groups attached to an aromatic ring is 1. The molecular weight excluding hydrogens is 214 g/mol. The van der Waals surface area contributed by atoms with Crippen molar-refractivity contribution < 1.29 is 4.79 Å². The highest BCUT2D eigenvalue weighted by atomic mass is 32.1. The second-order valence-electron chi connectivity index (χ2n) is 2.92. The summed E-state index contributed by atoms with van der Waals surface area (Å²) in [6.45, 7) is 0.504. The molecule has 7 heteroatoms. The Morgan fingerprint density at radius 2 is 2.40 bits per heavy atom. The van der Waals surface area contributed by atoms with Gasteiger partial charge in [0.2, 0.25) is 0 Å². The van der Waals surface area contributed by atoms with Gasteiger partial charge >= 0.3 is 0 Å². The fraction of sp³-hybridized carbons (Fsp3) is 0.125. The SMILES string of the molecule is NC(=O)c1nnn(Cc2cccs2)c1N. The molecule has 0 aliphatic carbocycles. The van der Waals surface area contributed by atoms with Crippen molar-refractivity contribution in [1.82, 2.24) is 15.0 Å². The summed E-state index contributed by atoms with van der Waals surface area (Å²) >= 11 is 1.58. The van der Waals surface area contributed by atoms with Crippen molar-refractivity contribution >= 4 is 23.1 Å². The average molecular weight is 223 g/mol. The Morgan fingerprint density at radius 1 is 1.60 bits per heavy atom. The molecule has 6 nitrogen and oxygen atoms in total. The Kier molecular flexibility index (Phi) is 2.38. The van der Waals surface area contributed by atoms with Crippen molar-refractivity contribution in [1.29, 1.82) is 0 Å². The lowest BCUT2D eigenvalue weighted by Crippen LogP contribution is -2.14. The molecule has 2 rings (SSSR count). The van der Waals surface area contributed by atoms with E-state index in [9.17, 15) is 4.79 Å². The van der Waals surface area contributed by atoms with Gasteiger partial charge in [-0.2, -0.15) is 0 Å². The number of amides is 1. The van der Waals surface area contributed by atoms with Crippen molar-refractivity contribution in [2.24, 2.45) is 5.73 Å². The molecule has 0 aromatic carbocycles. The molecule has 2 aromatic heterocycles. The molecule has 1 amide bonds. The molecule has 0 radical (unpaired) electrons. The number of anilines is 1. The summed E-state index contributed by atoms with van der Waals surface area (Å²) in [4.78, 5) is 12.0. The number of nitrogens with two attached hydrogens (primary N) is 2. The molecule has 0 aliphatic heterocycles. The van der Waals surface area contributed by atoms with Crippen LogP contribution in [-0.4, -0.2) is 20.9 Å². The van der Waals surface area contributed by atoms with E-state index in [0.717, 1.165) is 4.88 Å². The molecule has 0 bridgehead atoms. The maximum Gasteiger partial charge on any atom is 0.273 e. The molecule has 0 aliphatic rings. The van der Waals surface area contributed by atoms with Gasteiger partial charge in [0.25, 0.3) is 5.91 Å². The number of rotatable bonds is 3. The minimum atomic E-state index is -0.662. The minimum absolute atomic E-state index is 0.0200. The van der Waals surface area contributed by atoms with Crippen LogP contribution >= 0.6 is 11.3 Å². The summed E-state index contributed by atoms with van der Waals surface area (Å²) in [5.74, 6) is -0.458. The van der Waals surface area contributed by atoms with Crippen LogP contribution in [-0.2, 0) is 6.54 Å². The number of primary amides is 1. The van der Waals surface area contributed by atoms with E-state index in [2.05, 4.69) is 10.3 Å². The van der Waals surface area contributed by atoms with Gasteiger partial charge < -0.3 is 11.5 Å². The number of thiophene rings is 1. The third-order valence-electron chi connectivity index (χ3n) is 1.89. The second-order valence-corrected chi connectivity index (χ2v) is 3.96. The van der Waals surface area contributed by atoms with E-state index in [1.54, 1.807) is 11.3 Å². The molecule has 4 N–H and O–H groups in total. The number of aromatic nitrogens is 3. The van der Waals surface area contributed by atoms with Gasteiger partial charge in [-0.05, 0) is 11.4 Å². The van der Waals surface area contributed by atoms with Crippen LogP contribution in [0.4, 0.5) is 5.82 Å². The molecule has 0 unspecified atom stereocenters. The smallest absolute Gasteiger partial charge is 0.273 e. The summed E-state index contributed by atoms with van der Waals surface area (Å²) in [7, 11) is 0. The van der Waals surface area contributed by atoms with Crippen LogP contribution in [0.3, 0.4) is 0 Å². The van der Waals surface area contributed by atoms with E-state index in [-0.39, 0.29) is 11.5 Å². The predicted molar refractivity (Wildman–Crippen MR) is 56.4 cm³/mol. The van der Waals surface area contributed by atoms with E-state index in [1.807, 2.05) is 17.5 Å². The van der Waals surface area contributed by atoms with Gasteiger partial charge in [0.1, 0.15) is 0 Å². The van der Waals surface area contributed by atoms with E-state index in [1.165, 1.54) is 4.68 Å². The van der Waals surface area contributed by atoms with Crippen LogP contribution < -0.4 is 11.5 Å². The minimum Gasteiger partial charge on any atom is -0.382 e. The van der Waals surface area contributed by atoms with E-state index in [0.29, 0.717) is 6.54 Å². The normalized spacial score (nSPS) is 10.4. The topological polar surface area (TPSA) is 99.8 Å². The van der Waals surface area contributed by atoms with Crippen LogP contribution in [0.2, 0.25) is 0 Å². The Labute approximate surface area is 89.5 Å². The molecule has 0 saturated carbocycles. The van der Waals surface area contributed by atoms with Crippen molar-refractivity contribution in [2.75, 3.05) is 5.73 Å². The third kappa shape index (κ3) is 1.82. The van der Waals surface area contributed by atoms with Crippen LogP contribution in [0, 0.1) is 0 Å². The predicted octanol–water partition coefficient (Wildman–Crippen LogP) is 0.0690. The van der Waals surface area contributed by atoms with Crippen molar-refractivity contribution in [3.05, 3.63) is 28.1 Å². The molecule has 78 valence electrons. The van der Waals surface area contributed by atoms with Gasteiger partial charge in [-0.1, -0.05) is 11.3 Å². The van der Waals surface area contributed by atoms with E-state index >= 15 is 0 Å². The summed E-state index contributed by atoms with van der Waals surface area (Å²) in [6, 6.07) is 3.89. The molecule has 15 heavy (non-hydrogen) atoms. The summed E-state index contributed by atoms with van der Waals surface area (Å²) < 4.78 is 1.45. The monoisotopic (exact) mass is 223 g/mol. The fourth-order valence-corrected chi connectivity index (χ4v) is 1.85. The van der Waals surface area contributed by atoms with E-state index in [4.69, 9.17) is 11.5 Å². The number of hydrogen-bond donors (Lipinski definition) is 2. The maximum atomic E-state index is 10.9. The molecule has 0 fully saturated rings. The van der Waals surface area contributed by atoms with Crippen molar-refractivity contribution in [3.8, 4) is 0 Å². The van der Waals surface area contributed by atoms with Gasteiger partial charge in [0.05, 0.1) is 6.54 Å². The van der Waals surface area contributed by atoms with Crippen molar-refractivity contribution in [3.63, 3.8) is 0 Å². The summed E-state index contributed by atoms with van der Waals surface area (Å²) in [5.41, 5.74) is 10.8. The number of nitrogens with zero attached hydrogens (tertiary/aromatic N) is 3. The van der Waals surface area contributed by atoms with Gasteiger partial charge in [0.15, 0.2) is 11.5 Å². The van der Waals surface area contributed by atoms with Crippen LogP contribution in [0.1, 0.15) is 15.4 Å². The molecular formula is C8H9N5OS. The molecule has 2 aromatic rings. The van der Waals surface area contributed by atoms with Crippen LogP contribution in [0.5, 0.6) is 0 Å². The van der Waals surface area contributed by atoms with Crippen molar-refractivity contribution in [2.45, 2.75) is 6.54 Å². The summed E-state index contributed by atoms with van der Waals surface area (Å²) in [6.07, 6.45) is 0. The zero-order chi connectivity index (χ0) is 10.8. The lowest BCUT2D eigenvalue weighted by atomic mass is 10.4. The standard InChI is InChI=1S/C8H9N5OS/c9-7-6(8(10)14)11-12-13(7)4-5-2-1-3-15-5/h1-3H,4,9H2,(H2,10,14). The van der Waals surface area contributed by atoms with Gasteiger partial charge in [-0.15, -0.1) is 16.4 Å². The van der Waals surface area contributed by atoms with Gasteiger partial charge in [-0.3, -0.25) is 4.79 Å². The highest BCUT2D eigenvalue weighted by Crippen LogP contribution is 2.13. The molecule has 0 spiro atoms. The first-order chi connectivity index (χ1) is 7.18. The van der Waals surface area contributed by atoms with Crippen LogP contribution in [0.15, 0.2) is 17.5 Å². The first-order valence-electron chi connectivity index (χ1n) is 4.19. The zero-order valence-electron chi connectivity index (χ0n) is 7.75. The fourth-order valence-electron chi connectivity index (χ4n) is 1.16. The van der Waals surface area contributed by atoms with Gasteiger partial charge in [-0.25, -0.2) is 4.68 Å². The Bertz CT molecular complexity index is 475. The first-order valence-corrected chi connectivity index (χ1v) is 5.07. The first kappa shape index (κ1) is 9.66. The second kappa shape index (κ2) is 3.70. The number of carbonyl (C=O) groups is 1. The maximum absolute atomic E-state index is 10.9. The molecule has 0 atom stereocenters. The van der Waals surface area contributed by atoms with Gasteiger partial charge in [0, 0.05) is 4.88 Å². The average Bonchev–Trinajstić information content (AvgIpc) is 2.78. The lowest BCUT2D eigenvalue weighted by molar-refractivity contribution is 0.0996. The highest BCUT2D eigenvalue weighted by Gasteiger charge is 2.14. The quantitative estimate of drug-likeness (QED) is 0.768. The largest absolute Gasteiger partial charge is 0.382 e. The highest BCUT2D eigenvalue weighted by molar-refractivity contribution is 7.09. The Hall–Kier alpha value is -1.89. The van der Waals surface area contributed by atoms with E-state index < -0.39 is 5.91 Å². The lowest BCUT2D eigenvalue weighted by Gasteiger charge is -1.99. The zero-order valence-corrected chi connectivity index (χ0v) is 8.57. The number of carbonyl (C=O) groups excluding carboxylic acids is 1. The Morgan fingerprint density at radius 3 is 2.93 bits per heavy atom. The summed E-state index contributed by atoms with van der Waals surface area (Å²) in [5, 5.41) is 9.33. The van der Waals surface area contributed by atoms with Crippen LogP contribution in [0.25, 0.3) is 0 Å². The molecule has 2 heterocycles. The molecule has 0 saturated heterocycles. The Balaban J connectivity index is 2.27. The third-order valence-corrected chi connectivity index (χ3v) is 2.75. The number of hydrogen-bond acceptors (Lipinski definition) is 5.